The van der Waals surface area contributed by atoms with Gasteiger partial charge in [-0.05, 0) is 50.8 Å². The molecule has 1 aromatic heterocycles. The zero-order chi connectivity index (χ0) is 14.4. The standard InChI is InChI=1S/C16H21ClN2O/c1-18-16(14-4-3-5-15(17)10-14)6-8-19(2)11-13-7-9-20-12-13/h3-5,7,9-10,12,16,18H,6,8,11H2,1-2H3. The van der Waals surface area contributed by atoms with Crippen molar-refractivity contribution in [2.24, 2.45) is 0 Å². The molecule has 0 aliphatic heterocycles. The SMILES string of the molecule is CNC(CCN(C)Cc1ccoc1)c1cccc(Cl)c1. The quantitative estimate of drug-likeness (QED) is 0.843. The van der Waals surface area contributed by atoms with Crippen LogP contribution in [0, 0.1) is 0 Å². The number of hydrogen-bond acceptors (Lipinski definition) is 3. The molecule has 0 amide bonds. The van der Waals surface area contributed by atoms with Crippen LogP contribution in [0.25, 0.3) is 0 Å². The van der Waals surface area contributed by atoms with Gasteiger partial charge in [-0.3, -0.25) is 0 Å². The number of furan rings is 1. The van der Waals surface area contributed by atoms with E-state index in [9.17, 15) is 0 Å². The second-order valence-corrected chi connectivity index (χ2v) is 5.49. The maximum absolute atomic E-state index is 6.05. The molecule has 3 nitrogen and oxygen atoms in total. The van der Waals surface area contributed by atoms with Gasteiger partial charge in [0, 0.05) is 23.2 Å². The molecule has 4 heteroatoms. The van der Waals surface area contributed by atoms with Gasteiger partial charge in [-0.2, -0.15) is 0 Å². The number of halogens is 1. The minimum Gasteiger partial charge on any atom is -0.472 e. The second kappa shape index (κ2) is 7.48. The summed E-state index contributed by atoms with van der Waals surface area (Å²) >= 11 is 6.05. The Bertz CT molecular complexity index is 513. The predicted octanol–water partition coefficient (Wildman–Crippen LogP) is 3.72. The minimum atomic E-state index is 0.320. The van der Waals surface area contributed by atoms with E-state index < -0.39 is 0 Å². The molecular formula is C16H21ClN2O. The molecule has 0 spiro atoms. The van der Waals surface area contributed by atoms with Crippen molar-refractivity contribution in [2.45, 2.75) is 19.0 Å². The van der Waals surface area contributed by atoms with Crippen LogP contribution in [0.4, 0.5) is 0 Å². The van der Waals surface area contributed by atoms with Crippen LogP contribution >= 0.6 is 11.6 Å². The molecule has 1 heterocycles. The highest BCUT2D eigenvalue weighted by molar-refractivity contribution is 6.30. The minimum absolute atomic E-state index is 0.320. The Labute approximate surface area is 125 Å². The van der Waals surface area contributed by atoms with E-state index >= 15 is 0 Å². The highest BCUT2D eigenvalue weighted by Gasteiger charge is 2.11. The van der Waals surface area contributed by atoms with E-state index in [0.717, 1.165) is 24.5 Å². The third kappa shape index (κ3) is 4.37. The van der Waals surface area contributed by atoms with Gasteiger partial charge >= 0.3 is 0 Å². The van der Waals surface area contributed by atoms with E-state index in [-0.39, 0.29) is 0 Å². The summed E-state index contributed by atoms with van der Waals surface area (Å²) in [6.45, 7) is 1.91. The molecule has 2 rings (SSSR count). The third-order valence-corrected chi connectivity index (χ3v) is 3.67. The molecule has 0 saturated carbocycles. The number of nitrogens with zero attached hydrogens (tertiary/aromatic N) is 1. The first-order valence-corrected chi connectivity index (χ1v) is 7.19. The van der Waals surface area contributed by atoms with Gasteiger partial charge in [-0.1, -0.05) is 23.7 Å². The van der Waals surface area contributed by atoms with Crippen LogP contribution in [0.5, 0.6) is 0 Å². The van der Waals surface area contributed by atoms with Crippen LogP contribution in [0.15, 0.2) is 47.3 Å². The Morgan fingerprint density at radius 1 is 1.35 bits per heavy atom. The summed E-state index contributed by atoms with van der Waals surface area (Å²) < 4.78 is 5.09. The van der Waals surface area contributed by atoms with Gasteiger partial charge in [-0.25, -0.2) is 0 Å². The monoisotopic (exact) mass is 292 g/mol. The normalized spacial score (nSPS) is 12.8. The fourth-order valence-corrected chi connectivity index (χ4v) is 2.52. The van der Waals surface area contributed by atoms with Crippen LogP contribution in [-0.2, 0) is 6.54 Å². The zero-order valence-corrected chi connectivity index (χ0v) is 12.7. The molecule has 0 saturated heterocycles. The van der Waals surface area contributed by atoms with Gasteiger partial charge in [-0.15, -0.1) is 0 Å². The Balaban J connectivity index is 1.87. The van der Waals surface area contributed by atoms with Crippen molar-refractivity contribution < 1.29 is 4.42 Å². The topological polar surface area (TPSA) is 28.4 Å². The van der Waals surface area contributed by atoms with Crippen LogP contribution in [0.1, 0.15) is 23.6 Å². The second-order valence-electron chi connectivity index (χ2n) is 5.05. The lowest BCUT2D eigenvalue weighted by Gasteiger charge is -2.21. The van der Waals surface area contributed by atoms with Gasteiger partial charge in [0.05, 0.1) is 12.5 Å². The molecule has 0 aliphatic rings. The van der Waals surface area contributed by atoms with Crippen LogP contribution < -0.4 is 5.32 Å². The predicted molar refractivity (Wildman–Crippen MR) is 82.9 cm³/mol. The number of nitrogens with one attached hydrogen (secondary N) is 1. The first-order chi connectivity index (χ1) is 9.69. The van der Waals surface area contributed by atoms with Gasteiger partial charge in [0.25, 0.3) is 0 Å². The maximum Gasteiger partial charge on any atom is 0.0947 e. The van der Waals surface area contributed by atoms with E-state index in [1.807, 2.05) is 31.3 Å². The van der Waals surface area contributed by atoms with Crippen molar-refractivity contribution in [1.82, 2.24) is 10.2 Å². The number of rotatable bonds is 7. The number of benzene rings is 1. The lowest BCUT2D eigenvalue weighted by Crippen LogP contribution is -2.25. The van der Waals surface area contributed by atoms with Crippen molar-refractivity contribution in [2.75, 3.05) is 20.6 Å². The molecule has 108 valence electrons. The van der Waals surface area contributed by atoms with Crippen molar-refractivity contribution in [1.29, 1.82) is 0 Å². The molecule has 0 aliphatic carbocycles. The molecule has 0 bridgehead atoms. The van der Waals surface area contributed by atoms with Crippen molar-refractivity contribution in [3.63, 3.8) is 0 Å². The Morgan fingerprint density at radius 3 is 2.85 bits per heavy atom. The summed E-state index contributed by atoms with van der Waals surface area (Å²) in [6.07, 6.45) is 4.54. The third-order valence-electron chi connectivity index (χ3n) is 3.43. The fourth-order valence-electron chi connectivity index (χ4n) is 2.32. The average molecular weight is 293 g/mol. The van der Waals surface area contributed by atoms with Crippen LogP contribution in [0.2, 0.25) is 5.02 Å². The first-order valence-electron chi connectivity index (χ1n) is 6.81. The van der Waals surface area contributed by atoms with E-state index in [2.05, 4.69) is 23.3 Å². The highest BCUT2D eigenvalue weighted by Crippen LogP contribution is 2.20. The Morgan fingerprint density at radius 2 is 2.20 bits per heavy atom. The smallest absolute Gasteiger partial charge is 0.0947 e. The summed E-state index contributed by atoms with van der Waals surface area (Å²) in [5, 5.41) is 4.14. The molecule has 0 radical (unpaired) electrons. The fraction of sp³-hybridized carbons (Fsp3) is 0.375. The summed E-state index contributed by atoms with van der Waals surface area (Å²) in [6, 6.07) is 10.4. The van der Waals surface area contributed by atoms with Crippen molar-refractivity contribution in [3.8, 4) is 0 Å². The lowest BCUT2D eigenvalue weighted by atomic mass is 10.0. The molecular weight excluding hydrogens is 272 g/mol. The van der Waals surface area contributed by atoms with Crippen molar-refractivity contribution >= 4 is 11.6 Å². The van der Waals surface area contributed by atoms with E-state index in [1.54, 1.807) is 12.5 Å². The molecule has 1 N–H and O–H groups in total. The first kappa shape index (κ1) is 15.1. The van der Waals surface area contributed by atoms with Gasteiger partial charge < -0.3 is 14.6 Å². The van der Waals surface area contributed by atoms with Crippen LogP contribution in [-0.4, -0.2) is 25.5 Å². The Hall–Kier alpha value is -1.29. The summed E-state index contributed by atoms with van der Waals surface area (Å²) in [5.41, 5.74) is 2.44. The zero-order valence-electron chi connectivity index (χ0n) is 12.0. The van der Waals surface area contributed by atoms with E-state index in [0.29, 0.717) is 6.04 Å². The lowest BCUT2D eigenvalue weighted by molar-refractivity contribution is 0.303. The van der Waals surface area contributed by atoms with Crippen LogP contribution in [0.3, 0.4) is 0 Å². The van der Waals surface area contributed by atoms with Gasteiger partial charge in [0.15, 0.2) is 0 Å². The molecule has 1 aromatic carbocycles. The molecule has 2 aromatic rings. The Kier molecular flexibility index (Phi) is 5.65. The number of hydrogen-bond donors (Lipinski definition) is 1. The van der Waals surface area contributed by atoms with Gasteiger partial charge in [0.2, 0.25) is 0 Å². The van der Waals surface area contributed by atoms with E-state index in [4.69, 9.17) is 16.0 Å². The molecule has 0 fully saturated rings. The maximum atomic E-state index is 6.05. The molecule has 1 unspecified atom stereocenters. The molecule has 20 heavy (non-hydrogen) atoms. The summed E-state index contributed by atoms with van der Waals surface area (Å²) in [5.74, 6) is 0. The van der Waals surface area contributed by atoms with E-state index in [1.165, 1.54) is 11.1 Å². The summed E-state index contributed by atoms with van der Waals surface area (Å²) in [7, 11) is 4.11. The van der Waals surface area contributed by atoms with Crippen molar-refractivity contribution in [3.05, 3.63) is 59.0 Å². The summed E-state index contributed by atoms with van der Waals surface area (Å²) in [4.78, 5) is 2.29. The van der Waals surface area contributed by atoms with Gasteiger partial charge in [0.1, 0.15) is 0 Å². The largest absolute Gasteiger partial charge is 0.472 e. The average Bonchev–Trinajstić information content (AvgIpc) is 2.92. The highest BCUT2D eigenvalue weighted by atomic mass is 35.5. The molecule has 1 atom stereocenters.